The highest BCUT2D eigenvalue weighted by molar-refractivity contribution is 6.49. The minimum atomic E-state index is -0.419. The molecule has 278 valence electrons. The molecule has 0 bridgehead atoms. The van der Waals surface area contributed by atoms with Gasteiger partial charge >= 0.3 is 5.97 Å². The summed E-state index contributed by atoms with van der Waals surface area (Å²) in [5.74, 6) is 2.33. The van der Waals surface area contributed by atoms with Gasteiger partial charge in [0.05, 0.1) is 5.71 Å². The van der Waals surface area contributed by atoms with E-state index in [-0.39, 0.29) is 52.4 Å². The van der Waals surface area contributed by atoms with E-state index in [9.17, 15) is 9.59 Å². The van der Waals surface area contributed by atoms with Crippen LogP contribution in [0.1, 0.15) is 181 Å². The Morgan fingerprint density at radius 1 is 1.00 bits per heavy atom. The number of hydrogen-bond acceptors (Lipinski definition) is 7. The van der Waals surface area contributed by atoms with E-state index in [1.54, 1.807) is 4.79 Å². The third-order valence-corrected chi connectivity index (χ3v) is 10.8. The Hall–Kier alpha value is -3.30. The zero-order chi connectivity index (χ0) is 37.3. The van der Waals surface area contributed by atoms with E-state index in [1.807, 2.05) is 41.5 Å². The molecule has 0 spiro atoms. The number of esters is 1. The molecule has 50 heavy (non-hydrogen) atoms. The molecule has 2 aromatic heterocycles. The summed E-state index contributed by atoms with van der Waals surface area (Å²) in [4.78, 5) is 43.6. The van der Waals surface area contributed by atoms with Gasteiger partial charge in [-0.05, 0) is 54.8 Å². The standard InChI is InChI=1S/C40H65N7O3/c1-15-18-19-25(16-2)37(48)44-35-30(38(49)50-32-26(39(9,10)11)20-24(8)21-27(32)40(12,13)14)29(22(4)5)34(42-35)41-31-28(17-3)45-47-36(31)43-33(46-47)23(6)7/h22-27,32,42H,15-21H2,1-14H3,(H,44,48)/b41-31-. The van der Waals surface area contributed by atoms with Crippen LogP contribution in [0.5, 0.6) is 0 Å². The zero-order valence-electron chi connectivity index (χ0n) is 33.5. The quantitative estimate of drug-likeness (QED) is 0.214. The Labute approximate surface area is 301 Å². The van der Waals surface area contributed by atoms with Crippen LogP contribution in [0.2, 0.25) is 0 Å². The predicted molar refractivity (Wildman–Crippen MR) is 204 cm³/mol. The summed E-state index contributed by atoms with van der Waals surface area (Å²) in [7, 11) is 0. The van der Waals surface area contributed by atoms with E-state index < -0.39 is 5.97 Å². The summed E-state index contributed by atoms with van der Waals surface area (Å²) in [6.45, 7) is 30.2. The van der Waals surface area contributed by atoms with E-state index in [1.165, 1.54) is 0 Å². The molecule has 3 atom stereocenters. The minimum absolute atomic E-state index is 0.0624. The van der Waals surface area contributed by atoms with E-state index in [0.717, 1.165) is 37.8 Å². The molecule has 3 unspecified atom stereocenters. The van der Waals surface area contributed by atoms with Crippen molar-refractivity contribution in [2.75, 3.05) is 5.32 Å². The van der Waals surface area contributed by atoms with Crippen molar-refractivity contribution in [1.82, 2.24) is 19.9 Å². The Morgan fingerprint density at radius 3 is 2.12 bits per heavy atom. The lowest BCUT2D eigenvalue weighted by Crippen LogP contribution is -2.49. The van der Waals surface area contributed by atoms with Crippen molar-refractivity contribution in [1.29, 1.82) is 0 Å². The maximum Gasteiger partial charge on any atom is 0.342 e. The predicted octanol–water partition coefficient (Wildman–Crippen LogP) is 10.0. The van der Waals surface area contributed by atoms with Gasteiger partial charge in [-0.15, -0.1) is 9.89 Å². The van der Waals surface area contributed by atoms with Gasteiger partial charge in [0.2, 0.25) is 11.7 Å². The van der Waals surface area contributed by atoms with Gasteiger partial charge in [0.15, 0.2) is 5.82 Å². The molecule has 4 rings (SSSR count). The molecule has 1 aliphatic heterocycles. The maximum absolute atomic E-state index is 14.8. The fourth-order valence-electron chi connectivity index (χ4n) is 7.74. The van der Waals surface area contributed by atoms with Gasteiger partial charge in [0.1, 0.15) is 29.0 Å². The van der Waals surface area contributed by atoms with Gasteiger partial charge in [-0.1, -0.05) is 110 Å². The molecule has 0 aromatic carbocycles. The number of unbranched alkanes of at least 4 members (excludes halogenated alkanes) is 1. The van der Waals surface area contributed by atoms with Crippen LogP contribution in [-0.2, 0) is 9.53 Å². The first-order valence-corrected chi connectivity index (χ1v) is 19.2. The number of nitrogens with one attached hydrogen (secondary N) is 2. The molecule has 2 N–H and O–H groups in total. The van der Waals surface area contributed by atoms with Crippen molar-refractivity contribution in [3.63, 3.8) is 0 Å². The topological polar surface area (TPSA) is 127 Å². The monoisotopic (exact) mass is 692 g/mol. The summed E-state index contributed by atoms with van der Waals surface area (Å²) < 4.78 is 6.77. The first-order valence-electron chi connectivity index (χ1n) is 19.2. The highest BCUT2D eigenvalue weighted by Gasteiger charge is 2.48. The van der Waals surface area contributed by atoms with E-state index in [0.29, 0.717) is 58.9 Å². The van der Waals surface area contributed by atoms with E-state index >= 15 is 0 Å². The van der Waals surface area contributed by atoms with Gasteiger partial charge in [-0.3, -0.25) is 4.79 Å². The SMILES string of the molecule is CCCCC(CC)C(=O)Nc1[nH]c(/N=C2/C(CC)=Nn3nc(C(C)C)nc32)c(C(C)C)c1C(=O)OC1C(C(C)(C)C)CC(C)CC1C(C)(C)C. The normalized spacial score (nSPS) is 22.6. The van der Waals surface area contributed by atoms with Crippen molar-refractivity contribution in [3.05, 3.63) is 22.8 Å². The van der Waals surface area contributed by atoms with Crippen molar-refractivity contribution >= 4 is 34.9 Å². The third kappa shape index (κ3) is 8.42. The second-order valence-corrected chi connectivity index (χ2v) is 17.6. The van der Waals surface area contributed by atoms with Crippen LogP contribution < -0.4 is 5.32 Å². The van der Waals surface area contributed by atoms with Crippen LogP contribution in [0, 0.1) is 34.5 Å². The number of carbonyl (C=O) groups excluding carboxylic acids is 2. The van der Waals surface area contributed by atoms with Gasteiger partial charge < -0.3 is 15.0 Å². The number of aromatic amines is 1. The summed E-state index contributed by atoms with van der Waals surface area (Å²) in [5.41, 5.74) is 2.32. The second kappa shape index (κ2) is 15.5. The molecule has 10 heteroatoms. The number of ether oxygens (including phenoxy) is 1. The molecular formula is C40H65N7O3. The first kappa shape index (κ1) is 39.5. The van der Waals surface area contributed by atoms with Crippen molar-refractivity contribution in [3.8, 4) is 0 Å². The molecule has 0 saturated heterocycles. The molecule has 10 nitrogen and oxygen atoms in total. The lowest BCUT2D eigenvalue weighted by molar-refractivity contribution is -0.120. The smallest absolute Gasteiger partial charge is 0.342 e. The number of hydrogen-bond donors (Lipinski definition) is 2. The van der Waals surface area contributed by atoms with Crippen LogP contribution >= 0.6 is 0 Å². The Bertz CT molecular complexity index is 1560. The molecule has 1 saturated carbocycles. The van der Waals surface area contributed by atoms with E-state index in [4.69, 9.17) is 19.8 Å². The number of rotatable bonds is 12. The fraction of sp³-hybridized carbons (Fsp3) is 0.750. The van der Waals surface area contributed by atoms with Crippen LogP contribution in [0.3, 0.4) is 0 Å². The number of amides is 1. The number of aliphatic imine (C=N–C) groups is 1. The number of carbonyl (C=O) groups is 2. The van der Waals surface area contributed by atoms with E-state index in [2.05, 4.69) is 70.8 Å². The molecular weight excluding hydrogens is 626 g/mol. The van der Waals surface area contributed by atoms with Gasteiger partial charge in [-0.25, -0.2) is 14.8 Å². The number of anilines is 1. The van der Waals surface area contributed by atoms with Gasteiger partial charge in [0, 0.05) is 29.2 Å². The molecule has 3 heterocycles. The Kier molecular flexibility index (Phi) is 12.3. The molecule has 0 radical (unpaired) electrons. The largest absolute Gasteiger partial charge is 0.458 e. The third-order valence-electron chi connectivity index (χ3n) is 10.8. The van der Waals surface area contributed by atoms with Gasteiger partial charge in [0.25, 0.3) is 0 Å². The average Bonchev–Trinajstić information content (AvgIpc) is 3.69. The van der Waals surface area contributed by atoms with Crippen molar-refractivity contribution in [2.45, 2.75) is 160 Å². The van der Waals surface area contributed by atoms with Gasteiger partial charge in [-0.2, -0.15) is 5.10 Å². The van der Waals surface area contributed by atoms with Crippen molar-refractivity contribution in [2.24, 2.45) is 44.6 Å². The minimum Gasteiger partial charge on any atom is -0.458 e. The molecule has 1 fully saturated rings. The number of fused-ring (bicyclic) bond motifs is 1. The summed E-state index contributed by atoms with van der Waals surface area (Å²) in [6, 6.07) is 0. The number of H-pyrrole nitrogens is 1. The zero-order valence-corrected chi connectivity index (χ0v) is 33.5. The number of nitrogens with zero attached hydrogens (tertiary/aromatic N) is 5. The van der Waals surface area contributed by atoms with Crippen LogP contribution in [0.4, 0.5) is 11.6 Å². The highest BCUT2D eigenvalue weighted by Crippen LogP contribution is 2.50. The molecule has 2 aromatic rings. The molecule has 2 aliphatic rings. The molecule has 1 aliphatic carbocycles. The number of aromatic nitrogens is 4. The maximum atomic E-state index is 14.8. The van der Waals surface area contributed by atoms with Crippen LogP contribution in [0.15, 0.2) is 10.1 Å². The highest BCUT2D eigenvalue weighted by atomic mass is 16.5. The Balaban J connectivity index is 1.89. The second-order valence-electron chi connectivity index (χ2n) is 17.6. The summed E-state index contributed by atoms with van der Waals surface area (Å²) >= 11 is 0. The fourth-order valence-corrected chi connectivity index (χ4v) is 7.74. The first-order chi connectivity index (χ1) is 23.3. The molecule has 1 amide bonds. The Morgan fingerprint density at radius 2 is 1.62 bits per heavy atom. The summed E-state index contributed by atoms with van der Waals surface area (Å²) in [6.07, 6.45) is 5.82. The van der Waals surface area contributed by atoms with Crippen LogP contribution in [0.25, 0.3) is 0 Å². The van der Waals surface area contributed by atoms with Crippen LogP contribution in [-0.4, -0.2) is 49.3 Å². The van der Waals surface area contributed by atoms with Crippen molar-refractivity contribution < 1.29 is 14.3 Å². The summed E-state index contributed by atoms with van der Waals surface area (Å²) in [5, 5.41) is 12.5. The lowest BCUT2D eigenvalue weighted by atomic mass is 9.59. The average molecular weight is 692 g/mol. The lowest BCUT2D eigenvalue weighted by Gasteiger charge is -2.50.